The van der Waals surface area contributed by atoms with Crippen molar-refractivity contribution < 1.29 is 27.5 Å². The summed E-state index contributed by atoms with van der Waals surface area (Å²) in [4.78, 5) is 32.3. The van der Waals surface area contributed by atoms with Crippen molar-refractivity contribution in [3.63, 3.8) is 0 Å². The summed E-state index contributed by atoms with van der Waals surface area (Å²) < 4.78 is 45.0. The highest BCUT2D eigenvalue weighted by Gasteiger charge is 2.54. The fourth-order valence-corrected chi connectivity index (χ4v) is 6.15. The van der Waals surface area contributed by atoms with Crippen molar-refractivity contribution in [3.8, 4) is 0 Å². The molecule has 3 amide bonds. The zero-order valence-electron chi connectivity index (χ0n) is 18.4. The minimum Gasteiger partial charge on any atom is -0.366 e. The van der Waals surface area contributed by atoms with Crippen LogP contribution in [0.15, 0.2) is 12.3 Å². The topological polar surface area (TPSA) is 103 Å². The molecule has 12 heteroatoms. The molecule has 4 fully saturated rings. The molecule has 34 heavy (non-hydrogen) atoms. The maximum Gasteiger partial charge on any atom is 0.435 e. The van der Waals surface area contributed by atoms with Crippen molar-refractivity contribution in [2.75, 3.05) is 32.8 Å². The molecule has 4 aliphatic rings. The van der Waals surface area contributed by atoms with Gasteiger partial charge in [-0.3, -0.25) is 9.89 Å². The van der Waals surface area contributed by atoms with Crippen LogP contribution in [0.5, 0.6) is 0 Å². The molecular formula is C22H25F3N6O3. The zero-order chi connectivity index (χ0) is 23.7. The number of hydrogen-bond acceptors (Lipinski definition) is 5. The number of amides is 3. The second-order valence-electron chi connectivity index (χ2n) is 10.2. The van der Waals surface area contributed by atoms with Gasteiger partial charge in [0.1, 0.15) is 6.61 Å². The molecular weight excluding hydrogens is 453 g/mol. The Morgan fingerprint density at radius 3 is 2.82 bits per heavy atom. The van der Waals surface area contributed by atoms with Crippen LogP contribution < -0.4 is 5.32 Å². The van der Waals surface area contributed by atoms with Crippen molar-refractivity contribution in [1.82, 2.24) is 30.3 Å². The smallest absolute Gasteiger partial charge is 0.366 e. The van der Waals surface area contributed by atoms with E-state index >= 15 is 0 Å². The average molecular weight is 478 g/mol. The van der Waals surface area contributed by atoms with Gasteiger partial charge in [-0.05, 0) is 43.2 Å². The van der Waals surface area contributed by atoms with Gasteiger partial charge in [0.25, 0.3) is 0 Å². The predicted octanol–water partition coefficient (Wildman–Crippen LogP) is 1.94. The minimum absolute atomic E-state index is 0.00152. The van der Waals surface area contributed by atoms with Gasteiger partial charge in [-0.1, -0.05) is 0 Å². The number of halogens is 3. The fourth-order valence-electron chi connectivity index (χ4n) is 6.15. The van der Waals surface area contributed by atoms with E-state index in [-0.39, 0.29) is 47.1 Å². The minimum atomic E-state index is -4.52. The van der Waals surface area contributed by atoms with E-state index in [0.717, 1.165) is 18.4 Å². The maximum atomic E-state index is 13.1. The molecule has 1 saturated carbocycles. The molecule has 2 N–H and O–H groups in total. The molecule has 1 spiro atoms. The number of carbonyl (C=O) groups excluding carboxylic acids is 2. The van der Waals surface area contributed by atoms with Crippen molar-refractivity contribution in [2.45, 2.75) is 44.0 Å². The molecule has 182 valence electrons. The van der Waals surface area contributed by atoms with Crippen LogP contribution >= 0.6 is 0 Å². The highest BCUT2D eigenvalue weighted by Crippen LogP contribution is 2.53. The number of nitrogens with one attached hydrogen (secondary N) is 2. The van der Waals surface area contributed by atoms with Gasteiger partial charge in [0.05, 0.1) is 17.5 Å². The third-order valence-corrected chi connectivity index (χ3v) is 7.63. The Balaban J connectivity index is 1.02. The van der Waals surface area contributed by atoms with Crippen LogP contribution in [-0.2, 0) is 22.1 Å². The number of nitrogens with zero attached hydrogens (tertiary/aromatic N) is 4. The maximum absolute atomic E-state index is 13.1. The summed E-state index contributed by atoms with van der Waals surface area (Å²) in [7, 11) is 0. The number of piperidine rings is 1. The lowest BCUT2D eigenvalue weighted by Crippen LogP contribution is -2.68. The summed E-state index contributed by atoms with van der Waals surface area (Å²) >= 11 is 0. The molecule has 0 bridgehead atoms. The van der Waals surface area contributed by atoms with Crippen molar-refractivity contribution in [2.24, 2.45) is 11.3 Å². The first-order valence-corrected chi connectivity index (χ1v) is 11.5. The number of ether oxygens (including phenoxy) is 1. The van der Waals surface area contributed by atoms with Crippen molar-refractivity contribution >= 4 is 23.0 Å². The summed E-state index contributed by atoms with van der Waals surface area (Å²) in [6.45, 7) is 2.57. The van der Waals surface area contributed by atoms with Crippen LogP contribution in [0.1, 0.15) is 30.5 Å². The summed E-state index contributed by atoms with van der Waals surface area (Å²) in [6, 6.07) is 1.39. The lowest BCUT2D eigenvalue weighted by atomic mass is 9.56. The van der Waals surface area contributed by atoms with Crippen molar-refractivity contribution in [1.29, 1.82) is 0 Å². The molecule has 0 radical (unpaired) electrons. The third kappa shape index (κ3) is 3.68. The zero-order valence-corrected chi connectivity index (χ0v) is 18.4. The summed E-state index contributed by atoms with van der Waals surface area (Å²) in [5, 5.41) is 8.64. The number of rotatable bonds is 2. The van der Waals surface area contributed by atoms with Crippen molar-refractivity contribution in [3.05, 3.63) is 23.5 Å². The number of H-pyrrole nitrogens is 1. The van der Waals surface area contributed by atoms with E-state index in [9.17, 15) is 22.8 Å². The number of pyridine rings is 1. The Labute approximate surface area is 193 Å². The molecule has 0 unspecified atom stereocenters. The monoisotopic (exact) mass is 478 g/mol. The van der Waals surface area contributed by atoms with E-state index in [1.54, 1.807) is 11.1 Å². The molecule has 2 aromatic heterocycles. The van der Waals surface area contributed by atoms with Crippen LogP contribution in [0.4, 0.5) is 18.0 Å². The Morgan fingerprint density at radius 1 is 1.26 bits per heavy atom. The first kappa shape index (κ1) is 21.6. The number of likely N-dealkylation sites (tertiary alicyclic amines) is 2. The Bertz CT molecular complexity index is 1140. The quantitative estimate of drug-likeness (QED) is 0.687. The van der Waals surface area contributed by atoms with Gasteiger partial charge in [0, 0.05) is 37.8 Å². The number of aromatic amines is 1. The molecule has 9 nitrogen and oxygen atoms in total. The summed E-state index contributed by atoms with van der Waals surface area (Å²) in [5.74, 6) is 0.221. The Kier molecular flexibility index (Phi) is 4.81. The number of fused-ring (bicyclic) bond motifs is 2. The first-order valence-electron chi connectivity index (χ1n) is 11.5. The standard InChI is InChI=1S/C22H25F3N6O3/c23-22(24,25)18-14-4-12(7-26-19(14)29-28-18)3-13-5-21(6-13)10-31(11-21)20(33)30-2-1-16-15(8-30)27-17(32)9-34-16/h4,7,13,15-16H,1-3,5-6,8-11H2,(H,27,32)(H,26,28,29)/t15-,16+/m1/s1. The summed E-state index contributed by atoms with van der Waals surface area (Å²) in [5.41, 5.74) is 0.0905. The number of urea groups is 1. The number of alkyl halides is 3. The molecule has 2 atom stereocenters. The summed E-state index contributed by atoms with van der Waals surface area (Å²) in [6.07, 6.45) is 0.325. The highest BCUT2D eigenvalue weighted by atomic mass is 19.4. The molecule has 0 aromatic carbocycles. The molecule has 3 saturated heterocycles. The Hall–Kier alpha value is -2.89. The van der Waals surface area contributed by atoms with Gasteiger partial charge in [-0.15, -0.1) is 0 Å². The van der Waals surface area contributed by atoms with Crippen LogP contribution in [0.3, 0.4) is 0 Å². The van der Waals surface area contributed by atoms with Gasteiger partial charge in [0.2, 0.25) is 5.91 Å². The average Bonchev–Trinajstić information content (AvgIpc) is 3.17. The van der Waals surface area contributed by atoms with E-state index in [1.807, 2.05) is 4.90 Å². The molecule has 6 rings (SSSR count). The highest BCUT2D eigenvalue weighted by molar-refractivity contribution is 5.80. The van der Waals surface area contributed by atoms with Gasteiger partial charge in [-0.2, -0.15) is 18.3 Å². The van der Waals surface area contributed by atoms with E-state index in [1.165, 1.54) is 6.07 Å². The second-order valence-corrected chi connectivity index (χ2v) is 10.2. The molecule has 1 aliphatic carbocycles. The van der Waals surface area contributed by atoms with Gasteiger partial charge < -0.3 is 19.9 Å². The largest absolute Gasteiger partial charge is 0.435 e. The van der Waals surface area contributed by atoms with E-state index in [0.29, 0.717) is 44.9 Å². The van der Waals surface area contributed by atoms with Crippen LogP contribution in [-0.4, -0.2) is 81.9 Å². The van der Waals surface area contributed by atoms with E-state index < -0.39 is 11.9 Å². The second kappa shape index (κ2) is 7.56. The Morgan fingerprint density at radius 2 is 2.06 bits per heavy atom. The first-order chi connectivity index (χ1) is 16.2. The van der Waals surface area contributed by atoms with Gasteiger partial charge in [0.15, 0.2) is 11.3 Å². The lowest BCUT2D eigenvalue weighted by molar-refractivity contribution is -0.140. The van der Waals surface area contributed by atoms with E-state index in [2.05, 4.69) is 20.5 Å². The number of hydrogen-bond donors (Lipinski definition) is 2. The lowest BCUT2D eigenvalue weighted by Gasteiger charge is -2.60. The fraction of sp³-hybridized carbons (Fsp3) is 0.636. The molecule has 5 heterocycles. The molecule has 3 aliphatic heterocycles. The predicted molar refractivity (Wildman–Crippen MR) is 113 cm³/mol. The molecule has 2 aromatic rings. The van der Waals surface area contributed by atoms with Crippen LogP contribution in [0.2, 0.25) is 0 Å². The third-order valence-electron chi connectivity index (χ3n) is 7.63. The van der Waals surface area contributed by atoms with Crippen LogP contribution in [0.25, 0.3) is 11.0 Å². The van der Waals surface area contributed by atoms with E-state index in [4.69, 9.17) is 4.74 Å². The SMILES string of the molecule is O=C1CO[C@H]2CCN(C(=O)N3CC4(CC(Cc5cnc6[nH]nc(C(F)(F)F)c6c5)C4)C3)C[C@H]2N1. The number of morpholine rings is 1. The van der Waals surface area contributed by atoms with Crippen LogP contribution in [0, 0.1) is 11.3 Å². The number of aromatic nitrogens is 3. The van der Waals surface area contributed by atoms with Gasteiger partial charge in [-0.25, -0.2) is 9.78 Å². The normalized spacial score (nSPS) is 26.7. The number of carbonyl (C=O) groups is 2. The van der Waals surface area contributed by atoms with Gasteiger partial charge >= 0.3 is 12.2 Å².